The summed E-state index contributed by atoms with van der Waals surface area (Å²) >= 11 is 0. The highest BCUT2D eigenvalue weighted by Crippen LogP contribution is 2.22. The van der Waals surface area contributed by atoms with E-state index < -0.39 is 0 Å². The summed E-state index contributed by atoms with van der Waals surface area (Å²) in [5, 5.41) is 10.7. The van der Waals surface area contributed by atoms with Crippen LogP contribution in [0.4, 0.5) is 11.6 Å². The van der Waals surface area contributed by atoms with Gasteiger partial charge in [0.25, 0.3) is 0 Å². The second kappa shape index (κ2) is 5.50. The molecule has 0 unspecified atom stereocenters. The summed E-state index contributed by atoms with van der Waals surface area (Å²) < 4.78 is 0. The number of H-pyrrole nitrogens is 1. The topological polar surface area (TPSA) is 60.1 Å². The molecule has 3 rings (SSSR count). The van der Waals surface area contributed by atoms with Crippen LogP contribution in [0.3, 0.4) is 0 Å². The minimum absolute atomic E-state index is 0.789. The van der Waals surface area contributed by atoms with Crippen LogP contribution in [0, 0.1) is 0 Å². The predicted octanol–water partition coefficient (Wildman–Crippen LogP) is 0.947. The molecule has 2 aromatic rings. The maximum Gasteiger partial charge on any atom is 0.245 e. The van der Waals surface area contributed by atoms with Crippen LogP contribution in [0.15, 0.2) is 24.3 Å². The Hall–Kier alpha value is -2.08. The Labute approximate surface area is 118 Å². The van der Waals surface area contributed by atoms with Crippen molar-refractivity contribution in [2.24, 2.45) is 0 Å². The number of nitrogens with one attached hydrogen (secondary N) is 2. The van der Waals surface area contributed by atoms with Crippen molar-refractivity contribution in [3.8, 4) is 11.4 Å². The third kappa shape index (κ3) is 2.60. The molecule has 0 amide bonds. The highest BCUT2D eigenvalue weighted by molar-refractivity contribution is 5.63. The van der Waals surface area contributed by atoms with Crippen LogP contribution < -0.4 is 15.1 Å². The lowest BCUT2D eigenvalue weighted by molar-refractivity contribution is 0.580. The van der Waals surface area contributed by atoms with Crippen molar-refractivity contribution in [3.63, 3.8) is 0 Å². The fraction of sp³-hybridized carbons (Fsp3) is 0.429. The van der Waals surface area contributed by atoms with E-state index in [1.54, 1.807) is 0 Å². The molecule has 1 fully saturated rings. The summed E-state index contributed by atoms with van der Waals surface area (Å²) in [6.45, 7) is 3.88. The smallest absolute Gasteiger partial charge is 0.245 e. The molecule has 0 atom stereocenters. The molecule has 1 aliphatic heterocycles. The van der Waals surface area contributed by atoms with Crippen molar-refractivity contribution in [1.29, 1.82) is 0 Å². The first-order chi connectivity index (χ1) is 9.74. The van der Waals surface area contributed by atoms with Crippen LogP contribution in [-0.4, -0.2) is 55.5 Å². The number of nitrogens with zero attached hydrogens (tertiary/aromatic N) is 4. The van der Waals surface area contributed by atoms with Crippen molar-refractivity contribution in [3.05, 3.63) is 24.3 Å². The second-order valence-electron chi connectivity index (χ2n) is 5.17. The molecule has 20 heavy (non-hydrogen) atoms. The molecule has 106 valence electrons. The number of aromatic amines is 1. The van der Waals surface area contributed by atoms with E-state index >= 15 is 0 Å². The van der Waals surface area contributed by atoms with Crippen LogP contribution in [0.2, 0.25) is 0 Å². The molecule has 1 aliphatic rings. The Balaban J connectivity index is 1.84. The van der Waals surface area contributed by atoms with E-state index in [2.05, 4.69) is 48.5 Å². The number of anilines is 2. The van der Waals surface area contributed by atoms with E-state index in [0.717, 1.165) is 49.2 Å². The van der Waals surface area contributed by atoms with Gasteiger partial charge in [0, 0.05) is 51.5 Å². The van der Waals surface area contributed by atoms with Gasteiger partial charge < -0.3 is 15.1 Å². The van der Waals surface area contributed by atoms with Gasteiger partial charge in [0.15, 0.2) is 5.82 Å². The molecule has 6 nitrogen and oxygen atoms in total. The van der Waals surface area contributed by atoms with Crippen LogP contribution in [-0.2, 0) is 0 Å². The number of hydrogen-bond donors (Lipinski definition) is 2. The lowest BCUT2D eigenvalue weighted by atomic mass is 10.2. The van der Waals surface area contributed by atoms with E-state index in [0.29, 0.717) is 0 Å². The highest BCUT2D eigenvalue weighted by Gasteiger charge is 2.15. The number of hydrogen-bond acceptors (Lipinski definition) is 5. The number of piperazine rings is 1. The molecular weight excluding hydrogens is 252 g/mol. The standard InChI is InChI=1S/C14H20N6/c1-19(2)12-5-3-4-11(10-12)13-16-14(18-17-13)20-8-6-15-7-9-20/h3-5,10,15H,6-9H2,1-2H3,(H,16,17,18). The predicted molar refractivity (Wildman–Crippen MR) is 81.2 cm³/mol. The average molecular weight is 272 g/mol. The summed E-state index contributed by atoms with van der Waals surface area (Å²) in [5.74, 6) is 1.61. The molecule has 2 heterocycles. The Kier molecular flexibility index (Phi) is 3.56. The Morgan fingerprint density at radius 2 is 2.00 bits per heavy atom. The molecule has 2 N–H and O–H groups in total. The van der Waals surface area contributed by atoms with Gasteiger partial charge in [0.05, 0.1) is 0 Å². The van der Waals surface area contributed by atoms with Crippen molar-refractivity contribution in [2.45, 2.75) is 0 Å². The zero-order valence-electron chi connectivity index (χ0n) is 11.9. The quantitative estimate of drug-likeness (QED) is 0.871. The SMILES string of the molecule is CN(C)c1cccc(-c2nc(N3CCNCC3)n[nH]2)c1. The van der Waals surface area contributed by atoms with Crippen LogP contribution in [0.5, 0.6) is 0 Å². The molecule has 0 radical (unpaired) electrons. The first kappa shape index (κ1) is 12.9. The van der Waals surface area contributed by atoms with Crippen LogP contribution in [0.1, 0.15) is 0 Å². The van der Waals surface area contributed by atoms with E-state index in [-0.39, 0.29) is 0 Å². The summed E-state index contributed by atoms with van der Waals surface area (Å²) in [5.41, 5.74) is 2.22. The molecule has 0 spiro atoms. The number of rotatable bonds is 3. The number of aromatic nitrogens is 3. The summed E-state index contributed by atoms with van der Waals surface area (Å²) in [4.78, 5) is 8.90. The summed E-state index contributed by atoms with van der Waals surface area (Å²) in [6.07, 6.45) is 0. The van der Waals surface area contributed by atoms with E-state index in [4.69, 9.17) is 0 Å². The minimum Gasteiger partial charge on any atom is -0.378 e. The van der Waals surface area contributed by atoms with Gasteiger partial charge in [0.1, 0.15) is 0 Å². The Morgan fingerprint density at radius 1 is 1.20 bits per heavy atom. The van der Waals surface area contributed by atoms with E-state index in [1.807, 2.05) is 20.2 Å². The van der Waals surface area contributed by atoms with Gasteiger partial charge in [-0.3, -0.25) is 5.10 Å². The molecular formula is C14H20N6. The highest BCUT2D eigenvalue weighted by atomic mass is 15.4. The average Bonchev–Trinajstić information content (AvgIpc) is 2.98. The van der Waals surface area contributed by atoms with Crippen LogP contribution in [0.25, 0.3) is 11.4 Å². The van der Waals surface area contributed by atoms with E-state index in [9.17, 15) is 0 Å². The Morgan fingerprint density at radius 3 is 2.75 bits per heavy atom. The van der Waals surface area contributed by atoms with Gasteiger partial charge >= 0.3 is 0 Å². The molecule has 6 heteroatoms. The maximum absolute atomic E-state index is 4.62. The van der Waals surface area contributed by atoms with Gasteiger partial charge in [-0.2, -0.15) is 4.98 Å². The lowest BCUT2D eigenvalue weighted by Crippen LogP contribution is -2.44. The molecule has 1 aromatic carbocycles. The van der Waals surface area contributed by atoms with E-state index in [1.165, 1.54) is 0 Å². The molecule has 0 saturated carbocycles. The monoisotopic (exact) mass is 272 g/mol. The first-order valence-electron chi connectivity index (χ1n) is 6.90. The van der Waals surface area contributed by atoms with Gasteiger partial charge in [-0.15, -0.1) is 5.10 Å². The summed E-state index contributed by atoms with van der Waals surface area (Å²) in [7, 11) is 4.07. The zero-order chi connectivity index (χ0) is 13.9. The van der Waals surface area contributed by atoms with Crippen molar-refractivity contribution >= 4 is 11.6 Å². The van der Waals surface area contributed by atoms with Crippen molar-refractivity contribution in [2.75, 3.05) is 50.1 Å². The van der Waals surface area contributed by atoms with Gasteiger partial charge in [0.2, 0.25) is 5.95 Å². The maximum atomic E-state index is 4.62. The van der Waals surface area contributed by atoms with Gasteiger partial charge in [-0.25, -0.2) is 0 Å². The minimum atomic E-state index is 0.789. The third-order valence-corrected chi connectivity index (χ3v) is 3.51. The molecule has 0 aliphatic carbocycles. The van der Waals surface area contributed by atoms with Crippen molar-refractivity contribution in [1.82, 2.24) is 20.5 Å². The summed E-state index contributed by atoms with van der Waals surface area (Å²) in [6, 6.07) is 8.28. The fourth-order valence-corrected chi connectivity index (χ4v) is 2.32. The fourth-order valence-electron chi connectivity index (χ4n) is 2.32. The largest absolute Gasteiger partial charge is 0.378 e. The molecule has 1 aromatic heterocycles. The first-order valence-corrected chi connectivity index (χ1v) is 6.90. The molecule has 1 saturated heterocycles. The van der Waals surface area contributed by atoms with Crippen molar-refractivity contribution < 1.29 is 0 Å². The second-order valence-corrected chi connectivity index (χ2v) is 5.17. The van der Waals surface area contributed by atoms with Gasteiger partial charge in [-0.1, -0.05) is 12.1 Å². The Bertz CT molecular complexity index is 571. The lowest BCUT2D eigenvalue weighted by Gasteiger charge is -2.25. The van der Waals surface area contributed by atoms with Gasteiger partial charge in [-0.05, 0) is 12.1 Å². The third-order valence-electron chi connectivity index (χ3n) is 3.51. The zero-order valence-corrected chi connectivity index (χ0v) is 11.9. The molecule has 0 bridgehead atoms. The number of benzene rings is 1. The van der Waals surface area contributed by atoms with Crippen LogP contribution >= 0.6 is 0 Å². The normalized spacial score (nSPS) is 15.4.